The van der Waals surface area contributed by atoms with Crippen molar-refractivity contribution in [2.24, 2.45) is 0 Å². The summed E-state index contributed by atoms with van der Waals surface area (Å²) < 4.78 is 31.0. The Hall–Kier alpha value is -3.26. The van der Waals surface area contributed by atoms with Gasteiger partial charge in [-0.25, -0.2) is 9.18 Å². The molecule has 3 heterocycles. The van der Waals surface area contributed by atoms with E-state index in [0.717, 1.165) is 16.7 Å². The zero-order valence-electron chi connectivity index (χ0n) is 16.3. The van der Waals surface area contributed by atoms with E-state index in [4.69, 9.17) is 13.9 Å². The van der Waals surface area contributed by atoms with Gasteiger partial charge in [-0.05, 0) is 30.3 Å². The molecule has 1 N–H and O–H groups in total. The fourth-order valence-electron chi connectivity index (χ4n) is 3.90. The first-order valence-corrected chi connectivity index (χ1v) is 9.99. The third kappa shape index (κ3) is 3.54. The van der Waals surface area contributed by atoms with Gasteiger partial charge in [-0.15, -0.1) is 0 Å². The quantitative estimate of drug-likeness (QED) is 0.688. The number of fused-ring (bicyclic) bond motifs is 1. The number of cyclic esters (lactones) is 1. The molecule has 1 atom stereocenters. The molecule has 2 aliphatic rings. The molecule has 2 fully saturated rings. The van der Waals surface area contributed by atoms with Crippen LogP contribution in [0.25, 0.3) is 11.0 Å². The number of furan rings is 1. The van der Waals surface area contributed by atoms with Gasteiger partial charge in [0.05, 0.1) is 43.4 Å². The Morgan fingerprint density at radius 2 is 1.97 bits per heavy atom. The third-order valence-corrected chi connectivity index (χ3v) is 5.47. The van der Waals surface area contributed by atoms with Gasteiger partial charge in [0.1, 0.15) is 23.8 Å². The first-order valence-electron chi connectivity index (χ1n) is 9.99. The van der Waals surface area contributed by atoms with Crippen LogP contribution in [0.3, 0.4) is 0 Å². The predicted octanol–water partition coefficient (Wildman–Crippen LogP) is 3.85. The SMILES string of the molecule is O=C1O[C@@H](CNc2coc3ccccc23)CN1c1ccc(N2CCOCC2)c(F)c1. The lowest BCUT2D eigenvalue weighted by atomic mass is 10.2. The molecule has 0 bridgehead atoms. The second-order valence-corrected chi connectivity index (χ2v) is 7.38. The Kier molecular flexibility index (Phi) is 4.92. The fourth-order valence-corrected chi connectivity index (χ4v) is 3.90. The zero-order chi connectivity index (χ0) is 20.5. The Labute approximate surface area is 172 Å². The summed E-state index contributed by atoms with van der Waals surface area (Å²) >= 11 is 0. The monoisotopic (exact) mass is 411 g/mol. The van der Waals surface area contributed by atoms with Crippen molar-refractivity contribution in [2.45, 2.75) is 6.10 Å². The number of hydrogen-bond donors (Lipinski definition) is 1. The largest absolute Gasteiger partial charge is 0.462 e. The van der Waals surface area contributed by atoms with Gasteiger partial charge in [0.25, 0.3) is 0 Å². The van der Waals surface area contributed by atoms with Gasteiger partial charge in [0, 0.05) is 18.5 Å². The molecule has 156 valence electrons. The lowest BCUT2D eigenvalue weighted by Gasteiger charge is -2.29. The van der Waals surface area contributed by atoms with E-state index in [1.165, 1.54) is 11.0 Å². The number of hydrogen-bond acceptors (Lipinski definition) is 6. The standard InChI is InChI=1S/C22H22FN3O4/c23-18-11-15(5-6-20(18)25-7-9-28-10-8-25)26-13-16(30-22(26)27)12-24-19-14-29-21-4-2-1-3-17(19)21/h1-6,11,14,16,24H,7-10,12-13H2/t16-/m0/s1. The lowest BCUT2D eigenvalue weighted by Crippen LogP contribution is -2.36. The van der Waals surface area contributed by atoms with E-state index in [1.54, 1.807) is 18.4 Å². The molecule has 0 unspecified atom stereocenters. The van der Waals surface area contributed by atoms with Crippen LogP contribution in [0.1, 0.15) is 0 Å². The Bertz CT molecular complexity index is 1060. The molecule has 2 aliphatic heterocycles. The maximum absolute atomic E-state index is 14.7. The minimum absolute atomic E-state index is 0.345. The number of carbonyl (C=O) groups is 1. The smallest absolute Gasteiger partial charge is 0.414 e. The van der Waals surface area contributed by atoms with E-state index in [-0.39, 0.29) is 11.9 Å². The van der Waals surface area contributed by atoms with E-state index in [9.17, 15) is 9.18 Å². The maximum Gasteiger partial charge on any atom is 0.414 e. The van der Waals surface area contributed by atoms with Gasteiger partial charge in [0.2, 0.25) is 0 Å². The minimum atomic E-state index is -0.475. The van der Waals surface area contributed by atoms with Crippen molar-refractivity contribution in [1.82, 2.24) is 0 Å². The molecule has 0 radical (unpaired) electrons. The number of anilines is 3. The van der Waals surface area contributed by atoms with Gasteiger partial charge in [0.15, 0.2) is 0 Å². The molecule has 1 amide bonds. The van der Waals surface area contributed by atoms with E-state index >= 15 is 0 Å². The Balaban J connectivity index is 1.25. The highest BCUT2D eigenvalue weighted by Crippen LogP contribution is 2.29. The second-order valence-electron chi connectivity index (χ2n) is 7.38. The molecule has 1 aromatic heterocycles. The van der Waals surface area contributed by atoms with Crippen LogP contribution in [0.4, 0.5) is 26.2 Å². The van der Waals surface area contributed by atoms with Crippen molar-refractivity contribution in [2.75, 3.05) is 54.5 Å². The van der Waals surface area contributed by atoms with Crippen LogP contribution in [0.2, 0.25) is 0 Å². The van der Waals surface area contributed by atoms with Crippen molar-refractivity contribution in [3.05, 3.63) is 54.5 Å². The summed E-state index contributed by atoms with van der Waals surface area (Å²) in [6, 6.07) is 12.6. The molecule has 8 heteroatoms. The number of carbonyl (C=O) groups excluding carboxylic acids is 1. The molecular formula is C22H22FN3O4. The molecule has 3 aromatic rings. The van der Waals surface area contributed by atoms with Crippen molar-refractivity contribution in [3.63, 3.8) is 0 Å². The number of ether oxygens (including phenoxy) is 2. The van der Waals surface area contributed by atoms with E-state index in [0.29, 0.717) is 50.8 Å². The maximum atomic E-state index is 14.7. The number of rotatable bonds is 5. The van der Waals surface area contributed by atoms with Gasteiger partial charge in [-0.3, -0.25) is 4.90 Å². The number of para-hydroxylation sites is 1. The molecule has 2 aromatic carbocycles. The average molecular weight is 411 g/mol. The first kappa shape index (κ1) is 18.7. The number of benzene rings is 2. The van der Waals surface area contributed by atoms with Crippen LogP contribution >= 0.6 is 0 Å². The van der Waals surface area contributed by atoms with Crippen molar-refractivity contribution < 1.29 is 23.1 Å². The molecule has 0 spiro atoms. The molecule has 0 aliphatic carbocycles. The van der Waals surface area contributed by atoms with Crippen LogP contribution in [-0.4, -0.2) is 51.6 Å². The van der Waals surface area contributed by atoms with E-state index < -0.39 is 6.09 Å². The van der Waals surface area contributed by atoms with Crippen LogP contribution in [-0.2, 0) is 9.47 Å². The summed E-state index contributed by atoms with van der Waals surface area (Å²) in [4.78, 5) is 15.8. The summed E-state index contributed by atoms with van der Waals surface area (Å²) in [7, 11) is 0. The first-order chi connectivity index (χ1) is 14.7. The molecule has 5 rings (SSSR count). The summed E-state index contributed by atoms with van der Waals surface area (Å²) in [6.07, 6.45) is 0.824. The number of nitrogens with zero attached hydrogens (tertiary/aromatic N) is 2. The fraction of sp³-hybridized carbons (Fsp3) is 0.318. The van der Waals surface area contributed by atoms with Crippen molar-refractivity contribution in [1.29, 1.82) is 0 Å². The lowest BCUT2D eigenvalue weighted by molar-refractivity contribution is 0.122. The summed E-state index contributed by atoms with van der Waals surface area (Å²) in [6.45, 7) is 3.25. The zero-order valence-corrected chi connectivity index (χ0v) is 16.3. The van der Waals surface area contributed by atoms with E-state index in [1.807, 2.05) is 29.2 Å². The Morgan fingerprint density at radius 1 is 1.13 bits per heavy atom. The highest BCUT2D eigenvalue weighted by atomic mass is 19.1. The van der Waals surface area contributed by atoms with Crippen LogP contribution < -0.4 is 15.1 Å². The van der Waals surface area contributed by atoms with Crippen molar-refractivity contribution >= 4 is 34.1 Å². The molecule has 7 nitrogen and oxygen atoms in total. The highest BCUT2D eigenvalue weighted by molar-refractivity contribution is 5.91. The summed E-state index contributed by atoms with van der Waals surface area (Å²) in [5.74, 6) is -0.353. The topological polar surface area (TPSA) is 67.2 Å². The Morgan fingerprint density at radius 3 is 2.80 bits per heavy atom. The molecule has 30 heavy (non-hydrogen) atoms. The normalized spacial score (nSPS) is 19.4. The highest BCUT2D eigenvalue weighted by Gasteiger charge is 2.33. The summed E-state index contributed by atoms with van der Waals surface area (Å²) in [5, 5.41) is 4.25. The van der Waals surface area contributed by atoms with Crippen molar-refractivity contribution in [3.8, 4) is 0 Å². The number of nitrogens with one attached hydrogen (secondary N) is 1. The third-order valence-electron chi connectivity index (χ3n) is 5.47. The van der Waals surface area contributed by atoms with Crippen LogP contribution in [0.15, 0.2) is 53.1 Å². The molecule has 0 saturated carbocycles. The van der Waals surface area contributed by atoms with Gasteiger partial charge < -0.3 is 24.1 Å². The number of halogens is 1. The van der Waals surface area contributed by atoms with Crippen LogP contribution in [0, 0.1) is 5.82 Å². The van der Waals surface area contributed by atoms with E-state index in [2.05, 4.69) is 5.32 Å². The summed E-state index contributed by atoms with van der Waals surface area (Å²) in [5.41, 5.74) is 2.66. The van der Waals surface area contributed by atoms with Gasteiger partial charge in [-0.1, -0.05) is 12.1 Å². The number of morpholine rings is 1. The number of amides is 1. The van der Waals surface area contributed by atoms with Gasteiger partial charge >= 0.3 is 6.09 Å². The minimum Gasteiger partial charge on any atom is -0.462 e. The molecular weight excluding hydrogens is 389 g/mol. The van der Waals surface area contributed by atoms with Gasteiger partial charge in [-0.2, -0.15) is 0 Å². The average Bonchev–Trinajstić information content (AvgIpc) is 3.36. The predicted molar refractivity (Wildman–Crippen MR) is 112 cm³/mol. The second kappa shape index (κ2) is 7.87. The molecule has 2 saturated heterocycles. The van der Waals surface area contributed by atoms with Crippen LogP contribution in [0.5, 0.6) is 0 Å².